The Balaban J connectivity index is 1.18. The van der Waals surface area contributed by atoms with Crippen molar-refractivity contribution in [2.75, 3.05) is 55.1 Å². The molecule has 5 aromatic carbocycles. The third kappa shape index (κ3) is 7.51. The van der Waals surface area contributed by atoms with Crippen LogP contribution in [0.25, 0.3) is 0 Å². The van der Waals surface area contributed by atoms with Gasteiger partial charge in [0.05, 0.1) is 37.8 Å². The third-order valence-electron chi connectivity index (χ3n) is 13.3. The fourth-order valence-corrected chi connectivity index (χ4v) is 10.5. The maximum atomic E-state index is 15.6. The van der Waals surface area contributed by atoms with Crippen LogP contribution in [0.4, 0.5) is 17.1 Å². The summed E-state index contributed by atoms with van der Waals surface area (Å²) in [6.07, 6.45) is 5.55. The number of esters is 1. The van der Waals surface area contributed by atoms with Gasteiger partial charge in [-0.1, -0.05) is 90.7 Å². The second-order valence-electron chi connectivity index (χ2n) is 17.0. The molecule has 3 saturated heterocycles. The lowest BCUT2D eigenvalue weighted by molar-refractivity contribution is -0.177. The summed E-state index contributed by atoms with van der Waals surface area (Å²) in [6.45, 7) is 2.75. The van der Waals surface area contributed by atoms with Gasteiger partial charge >= 0.3 is 5.97 Å². The van der Waals surface area contributed by atoms with Gasteiger partial charge in [0.2, 0.25) is 11.8 Å². The van der Waals surface area contributed by atoms with Crippen molar-refractivity contribution in [2.24, 2.45) is 5.92 Å². The normalized spacial score (nSPS) is 25.0. The van der Waals surface area contributed by atoms with Crippen LogP contribution in [0.5, 0.6) is 5.75 Å². The summed E-state index contributed by atoms with van der Waals surface area (Å²) in [7, 11) is 0. The fraction of sp³-hybridized carbons (Fsp3) is 0.302. The van der Waals surface area contributed by atoms with Crippen molar-refractivity contribution in [3.63, 3.8) is 0 Å². The van der Waals surface area contributed by atoms with Gasteiger partial charge < -0.3 is 34.9 Å². The number of nitrogens with zero attached hydrogens (tertiary/aromatic N) is 2. The van der Waals surface area contributed by atoms with Gasteiger partial charge in [0, 0.05) is 35.7 Å². The molecule has 11 heteroatoms. The van der Waals surface area contributed by atoms with E-state index in [-0.39, 0.29) is 13.2 Å². The first kappa shape index (κ1) is 41.3. The van der Waals surface area contributed by atoms with Crippen LogP contribution in [0.3, 0.4) is 0 Å². The highest BCUT2D eigenvalue weighted by molar-refractivity contribution is 6.13. The highest BCUT2D eigenvalue weighted by Gasteiger charge is 2.74. The Labute approximate surface area is 373 Å². The molecule has 2 amide bonds. The van der Waals surface area contributed by atoms with Gasteiger partial charge in [-0.3, -0.25) is 19.3 Å². The quantitative estimate of drug-likeness (QED) is 0.101. The van der Waals surface area contributed by atoms with Crippen molar-refractivity contribution < 1.29 is 33.7 Å². The highest BCUT2D eigenvalue weighted by atomic mass is 16.6. The zero-order valence-electron chi connectivity index (χ0n) is 35.5. The number of rotatable bonds is 9. The maximum Gasteiger partial charge on any atom is 0.324 e. The van der Waals surface area contributed by atoms with E-state index in [2.05, 4.69) is 38.4 Å². The van der Waals surface area contributed by atoms with Crippen molar-refractivity contribution in [3.8, 4) is 17.6 Å². The lowest BCUT2D eigenvalue weighted by Gasteiger charge is -2.46. The number of carbonyl (C=O) groups is 3. The molecule has 5 aliphatic rings. The molecule has 6 unspecified atom stereocenters. The molecule has 1 aliphatic carbocycles. The Bertz CT molecular complexity index is 2620. The summed E-state index contributed by atoms with van der Waals surface area (Å²) >= 11 is 0. The standard InChI is InChI=1S/C53H50N4O7/c58-30-33-63-42-25-19-39(20-26-42)49-53(43-34-36(18-27-44(43)55-52(53)61)17-16-35-10-4-1-5-11-35)45(50(59)54-40-21-23-41(24-22-40)56-28-31-62-32-29-56)47-51(60)64-48(38-14-8-3-9-15-38)46(57(47)49)37-12-6-2-7-13-37/h2-3,6-10,12-15,18-27,34,45-49,58H,1,4-5,11,28-33H2,(H,54,59)(H,55,61). The summed E-state index contributed by atoms with van der Waals surface area (Å²) in [6, 6.07) is 37.5. The number of hydrogen-bond acceptors (Lipinski definition) is 9. The number of carbonyl (C=O) groups excluding carboxylic acids is 3. The predicted octanol–water partition coefficient (Wildman–Crippen LogP) is 7.66. The largest absolute Gasteiger partial charge is 0.491 e. The van der Waals surface area contributed by atoms with Crippen LogP contribution < -0.4 is 20.3 Å². The number of hydrogen-bond donors (Lipinski definition) is 3. The molecule has 0 aromatic heterocycles. The molecule has 11 nitrogen and oxygen atoms in total. The molecule has 0 bridgehead atoms. The first-order chi connectivity index (χ1) is 31.4. The Morgan fingerprint density at radius 1 is 0.828 bits per heavy atom. The zero-order valence-corrected chi connectivity index (χ0v) is 35.5. The lowest BCUT2D eigenvalue weighted by atomic mass is 9.65. The molecular weight excluding hydrogens is 805 g/mol. The first-order valence-corrected chi connectivity index (χ1v) is 22.3. The first-order valence-electron chi connectivity index (χ1n) is 22.3. The number of nitrogens with one attached hydrogen (secondary N) is 2. The van der Waals surface area contributed by atoms with Crippen LogP contribution in [0.2, 0.25) is 0 Å². The number of allylic oxidation sites excluding steroid dienone is 2. The van der Waals surface area contributed by atoms with Crippen LogP contribution in [-0.2, 0) is 29.3 Å². The van der Waals surface area contributed by atoms with Gasteiger partial charge in [0.25, 0.3) is 0 Å². The molecule has 4 heterocycles. The van der Waals surface area contributed by atoms with E-state index < -0.39 is 53.3 Å². The Kier molecular flexibility index (Phi) is 11.5. The number of aliphatic hydroxyl groups excluding tert-OH is 1. The van der Waals surface area contributed by atoms with E-state index in [4.69, 9.17) is 14.2 Å². The van der Waals surface area contributed by atoms with E-state index in [1.807, 2.05) is 115 Å². The van der Waals surface area contributed by atoms with Crippen LogP contribution in [0.1, 0.15) is 71.7 Å². The average molecular weight is 855 g/mol. The number of fused-ring (bicyclic) bond motifs is 3. The average Bonchev–Trinajstić information content (AvgIpc) is 3.83. The summed E-state index contributed by atoms with van der Waals surface area (Å²) < 4.78 is 18.0. The van der Waals surface area contributed by atoms with Gasteiger partial charge in [0.1, 0.15) is 29.9 Å². The van der Waals surface area contributed by atoms with Crippen molar-refractivity contribution in [2.45, 2.75) is 55.3 Å². The van der Waals surface area contributed by atoms with E-state index in [1.54, 1.807) is 12.1 Å². The van der Waals surface area contributed by atoms with Crippen LogP contribution in [0, 0.1) is 17.8 Å². The maximum absolute atomic E-state index is 15.6. The molecule has 0 saturated carbocycles. The SMILES string of the molecule is O=C1OC(c2ccccc2)C(c2ccccc2)N2C1C(C(=O)Nc1ccc(N3CCOCC3)cc1)C1(C(=O)Nc3ccc(C#CC4=CCCCC4)cc31)C2c1ccc(OCCO)cc1. The number of amides is 2. The van der Waals surface area contributed by atoms with E-state index in [1.165, 1.54) is 0 Å². The van der Waals surface area contributed by atoms with Crippen LogP contribution in [-0.4, -0.2) is 73.3 Å². The molecule has 64 heavy (non-hydrogen) atoms. The molecule has 0 radical (unpaired) electrons. The monoisotopic (exact) mass is 854 g/mol. The van der Waals surface area contributed by atoms with Crippen molar-refractivity contribution in [1.29, 1.82) is 0 Å². The Hall–Kier alpha value is -6.71. The molecule has 6 atom stereocenters. The molecule has 1 spiro atoms. The summed E-state index contributed by atoms with van der Waals surface area (Å²) in [4.78, 5) is 50.8. The third-order valence-corrected chi connectivity index (χ3v) is 13.3. The summed E-state index contributed by atoms with van der Waals surface area (Å²) in [5.74, 6) is 4.52. The van der Waals surface area contributed by atoms with E-state index in [9.17, 15) is 5.11 Å². The van der Waals surface area contributed by atoms with Gasteiger partial charge in [-0.15, -0.1) is 0 Å². The van der Waals surface area contributed by atoms with E-state index in [0.717, 1.165) is 61.2 Å². The molecule has 10 rings (SSSR count). The van der Waals surface area contributed by atoms with E-state index in [0.29, 0.717) is 47.0 Å². The minimum Gasteiger partial charge on any atom is -0.491 e. The fourth-order valence-electron chi connectivity index (χ4n) is 10.5. The number of cyclic esters (lactones) is 1. The molecular formula is C53H50N4O7. The van der Waals surface area contributed by atoms with E-state index >= 15 is 14.4 Å². The molecule has 3 fully saturated rings. The van der Waals surface area contributed by atoms with Gasteiger partial charge in [0.15, 0.2) is 0 Å². The van der Waals surface area contributed by atoms with Crippen LogP contribution >= 0.6 is 0 Å². The van der Waals surface area contributed by atoms with Crippen molar-refractivity contribution in [1.82, 2.24) is 4.90 Å². The minimum absolute atomic E-state index is 0.105. The molecule has 4 aliphatic heterocycles. The summed E-state index contributed by atoms with van der Waals surface area (Å²) in [5, 5.41) is 15.9. The smallest absolute Gasteiger partial charge is 0.324 e. The van der Waals surface area contributed by atoms with Crippen LogP contribution in [0.15, 0.2) is 139 Å². The van der Waals surface area contributed by atoms with Crippen molar-refractivity contribution in [3.05, 3.63) is 167 Å². The predicted molar refractivity (Wildman–Crippen MR) is 244 cm³/mol. The number of ether oxygens (including phenoxy) is 3. The topological polar surface area (TPSA) is 130 Å². The van der Waals surface area contributed by atoms with Gasteiger partial charge in [-0.2, -0.15) is 0 Å². The lowest BCUT2D eigenvalue weighted by Crippen LogP contribution is -2.53. The number of anilines is 3. The Morgan fingerprint density at radius 3 is 2.27 bits per heavy atom. The summed E-state index contributed by atoms with van der Waals surface area (Å²) in [5.41, 5.74) is 5.11. The number of aliphatic hydroxyl groups is 1. The van der Waals surface area contributed by atoms with Gasteiger partial charge in [-0.25, -0.2) is 0 Å². The van der Waals surface area contributed by atoms with Gasteiger partial charge in [-0.05, 0) is 108 Å². The Morgan fingerprint density at radius 2 is 1.56 bits per heavy atom. The molecule has 324 valence electrons. The second kappa shape index (κ2) is 17.8. The molecule has 5 aromatic rings. The zero-order chi connectivity index (χ0) is 43.6. The number of benzene rings is 5. The highest BCUT2D eigenvalue weighted by Crippen LogP contribution is 2.65. The second-order valence-corrected chi connectivity index (χ2v) is 17.0. The molecule has 3 N–H and O–H groups in total. The number of morpholine rings is 2. The van der Waals surface area contributed by atoms with Crippen molar-refractivity contribution >= 4 is 34.8 Å². The minimum atomic E-state index is -1.68.